The SMILES string of the molecule is C=C(C)/C=C\C(=C)SCC. The molecule has 0 aromatic carbocycles. The highest BCUT2D eigenvalue weighted by Crippen LogP contribution is 2.13. The Labute approximate surface area is 67.7 Å². The topological polar surface area (TPSA) is 0 Å². The molecule has 0 heterocycles. The van der Waals surface area contributed by atoms with Crippen LogP contribution in [0.25, 0.3) is 0 Å². The van der Waals surface area contributed by atoms with E-state index in [0.717, 1.165) is 16.2 Å². The van der Waals surface area contributed by atoms with Crippen molar-refractivity contribution in [2.24, 2.45) is 0 Å². The lowest BCUT2D eigenvalue weighted by Crippen LogP contribution is -1.69. The van der Waals surface area contributed by atoms with Crippen molar-refractivity contribution in [1.29, 1.82) is 0 Å². The number of hydrogen-bond donors (Lipinski definition) is 0. The molecule has 0 unspecified atom stereocenters. The zero-order chi connectivity index (χ0) is 7.98. The number of allylic oxidation sites excluding steroid dienone is 3. The van der Waals surface area contributed by atoms with Gasteiger partial charge in [-0.25, -0.2) is 0 Å². The zero-order valence-corrected chi connectivity index (χ0v) is 7.50. The maximum absolute atomic E-state index is 3.85. The van der Waals surface area contributed by atoms with Crippen LogP contribution < -0.4 is 0 Å². The first-order valence-corrected chi connectivity index (χ1v) is 4.30. The summed E-state index contributed by atoms with van der Waals surface area (Å²) in [7, 11) is 0. The molecule has 0 amide bonds. The number of rotatable bonds is 4. The van der Waals surface area contributed by atoms with Crippen LogP contribution in [0.2, 0.25) is 0 Å². The lowest BCUT2D eigenvalue weighted by atomic mass is 10.3. The first kappa shape index (κ1) is 9.57. The van der Waals surface area contributed by atoms with Crippen molar-refractivity contribution >= 4 is 11.8 Å². The molecule has 0 radical (unpaired) electrons. The summed E-state index contributed by atoms with van der Waals surface area (Å²) in [4.78, 5) is 1.10. The Kier molecular flexibility index (Phi) is 5.13. The Morgan fingerprint density at radius 1 is 1.40 bits per heavy atom. The van der Waals surface area contributed by atoms with Crippen LogP contribution in [0.4, 0.5) is 0 Å². The molecule has 0 saturated carbocycles. The van der Waals surface area contributed by atoms with Gasteiger partial charge in [-0.15, -0.1) is 11.8 Å². The molecule has 10 heavy (non-hydrogen) atoms. The third kappa shape index (κ3) is 5.70. The van der Waals surface area contributed by atoms with Gasteiger partial charge in [0.05, 0.1) is 0 Å². The minimum absolute atomic E-state index is 1.07. The van der Waals surface area contributed by atoms with Gasteiger partial charge in [0.1, 0.15) is 0 Å². The highest BCUT2D eigenvalue weighted by atomic mass is 32.2. The Hall–Kier alpha value is -0.430. The summed E-state index contributed by atoms with van der Waals surface area (Å²) in [5.41, 5.74) is 1.07. The average molecular weight is 154 g/mol. The van der Waals surface area contributed by atoms with Crippen molar-refractivity contribution in [2.75, 3.05) is 5.75 Å². The fraction of sp³-hybridized carbons (Fsp3) is 0.333. The molecule has 0 aromatic rings. The first-order valence-electron chi connectivity index (χ1n) is 3.32. The van der Waals surface area contributed by atoms with E-state index in [0.29, 0.717) is 0 Å². The van der Waals surface area contributed by atoms with Gasteiger partial charge in [0, 0.05) is 0 Å². The minimum Gasteiger partial charge on any atom is -0.127 e. The Balaban J connectivity index is 3.67. The van der Waals surface area contributed by atoms with Gasteiger partial charge in [-0.05, 0) is 23.7 Å². The van der Waals surface area contributed by atoms with E-state index in [1.54, 1.807) is 11.8 Å². The second-order valence-corrected chi connectivity index (χ2v) is 3.47. The number of thioether (sulfide) groups is 1. The Morgan fingerprint density at radius 3 is 2.40 bits per heavy atom. The molecule has 56 valence electrons. The molecule has 0 aliphatic carbocycles. The summed E-state index contributed by atoms with van der Waals surface area (Å²) < 4.78 is 0. The van der Waals surface area contributed by atoms with Gasteiger partial charge in [-0.2, -0.15) is 0 Å². The van der Waals surface area contributed by atoms with Crippen molar-refractivity contribution in [3.63, 3.8) is 0 Å². The van der Waals surface area contributed by atoms with E-state index in [-0.39, 0.29) is 0 Å². The average Bonchev–Trinajstić information content (AvgIpc) is 1.85. The van der Waals surface area contributed by atoms with Crippen molar-refractivity contribution in [2.45, 2.75) is 13.8 Å². The van der Waals surface area contributed by atoms with Gasteiger partial charge in [0.15, 0.2) is 0 Å². The smallest absolute Gasteiger partial charge is 0.00000390 e. The molecule has 0 nitrogen and oxygen atoms in total. The van der Waals surface area contributed by atoms with Gasteiger partial charge >= 0.3 is 0 Å². The normalized spacial score (nSPS) is 10.2. The van der Waals surface area contributed by atoms with Crippen LogP contribution in [0.15, 0.2) is 35.8 Å². The van der Waals surface area contributed by atoms with Crippen molar-refractivity contribution in [1.82, 2.24) is 0 Å². The van der Waals surface area contributed by atoms with Gasteiger partial charge in [-0.1, -0.05) is 31.7 Å². The summed E-state index contributed by atoms with van der Waals surface area (Å²) in [5, 5.41) is 0. The largest absolute Gasteiger partial charge is 0.127 e. The first-order chi connectivity index (χ1) is 4.66. The van der Waals surface area contributed by atoms with Crippen molar-refractivity contribution in [3.8, 4) is 0 Å². The third-order valence-corrected chi connectivity index (χ3v) is 1.68. The van der Waals surface area contributed by atoms with E-state index in [9.17, 15) is 0 Å². The molecule has 0 rings (SSSR count). The predicted octanol–water partition coefficient (Wildman–Crippen LogP) is 3.39. The Bertz CT molecular complexity index is 154. The molecule has 0 bridgehead atoms. The van der Waals surface area contributed by atoms with Crippen LogP contribution in [0.5, 0.6) is 0 Å². The third-order valence-electron chi connectivity index (χ3n) is 0.883. The highest BCUT2D eigenvalue weighted by molar-refractivity contribution is 8.03. The predicted molar refractivity (Wildman–Crippen MR) is 51.2 cm³/mol. The van der Waals surface area contributed by atoms with Crippen LogP contribution >= 0.6 is 11.8 Å². The van der Waals surface area contributed by atoms with Gasteiger partial charge in [0.25, 0.3) is 0 Å². The van der Waals surface area contributed by atoms with E-state index >= 15 is 0 Å². The molecule has 0 fully saturated rings. The highest BCUT2D eigenvalue weighted by Gasteiger charge is 1.84. The molecular weight excluding hydrogens is 140 g/mol. The van der Waals surface area contributed by atoms with Gasteiger partial charge in [-0.3, -0.25) is 0 Å². The summed E-state index contributed by atoms with van der Waals surface area (Å²) in [5.74, 6) is 1.08. The van der Waals surface area contributed by atoms with Crippen LogP contribution in [0.3, 0.4) is 0 Å². The van der Waals surface area contributed by atoms with Crippen LogP contribution in [0.1, 0.15) is 13.8 Å². The zero-order valence-electron chi connectivity index (χ0n) is 6.68. The molecular formula is C9H14S. The fourth-order valence-corrected chi connectivity index (χ4v) is 1.00. The Morgan fingerprint density at radius 2 is 2.00 bits per heavy atom. The van der Waals surface area contributed by atoms with Crippen LogP contribution in [-0.2, 0) is 0 Å². The van der Waals surface area contributed by atoms with E-state index < -0.39 is 0 Å². The molecule has 0 spiro atoms. The fourth-order valence-electron chi connectivity index (χ4n) is 0.469. The maximum atomic E-state index is 3.85. The summed E-state index contributed by atoms with van der Waals surface area (Å²) in [6.07, 6.45) is 3.97. The maximum Gasteiger partial charge on any atom is -0.00000390 e. The molecule has 0 N–H and O–H groups in total. The van der Waals surface area contributed by atoms with Crippen LogP contribution in [0, 0.1) is 0 Å². The van der Waals surface area contributed by atoms with E-state index in [1.165, 1.54) is 0 Å². The lowest BCUT2D eigenvalue weighted by Gasteiger charge is -1.93. The molecule has 0 aliphatic rings. The molecule has 1 heteroatoms. The van der Waals surface area contributed by atoms with Gasteiger partial charge in [0.2, 0.25) is 0 Å². The quantitative estimate of drug-likeness (QED) is 0.559. The number of hydrogen-bond acceptors (Lipinski definition) is 1. The van der Waals surface area contributed by atoms with Crippen molar-refractivity contribution in [3.05, 3.63) is 35.8 Å². The molecule has 0 aromatic heterocycles. The summed E-state index contributed by atoms with van der Waals surface area (Å²) in [6, 6.07) is 0. The van der Waals surface area contributed by atoms with Gasteiger partial charge < -0.3 is 0 Å². The molecule has 0 aliphatic heterocycles. The van der Waals surface area contributed by atoms with Crippen LogP contribution in [-0.4, -0.2) is 5.75 Å². The van der Waals surface area contributed by atoms with E-state index in [4.69, 9.17) is 0 Å². The van der Waals surface area contributed by atoms with E-state index in [1.807, 2.05) is 19.1 Å². The minimum atomic E-state index is 1.07. The van der Waals surface area contributed by atoms with E-state index in [2.05, 4.69) is 20.1 Å². The summed E-state index contributed by atoms with van der Waals surface area (Å²) >= 11 is 1.75. The monoisotopic (exact) mass is 154 g/mol. The lowest BCUT2D eigenvalue weighted by molar-refractivity contribution is 1.53. The second-order valence-electron chi connectivity index (χ2n) is 2.08. The molecule has 0 atom stereocenters. The second kappa shape index (κ2) is 5.36. The standard InChI is InChI=1S/C9H14S/c1-5-10-9(4)7-6-8(2)3/h6-7H,2,4-5H2,1,3H3/b7-6-. The molecule has 0 saturated heterocycles. The van der Waals surface area contributed by atoms with Crippen molar-refractivity contribution < 1.29 is 0 Å². The summed E-state index contributed by atoms with van der Waals surface area (Å²) in [6.45, 7) is 11.7.